The number of benzene rings is 2. The fourth-order valence-electron chi connectivity index (χ4n) is 2.06. The molecule has 126 valence electrons. The summed E-state index contributed by atoms with van der Waals surface area (Å²) < 4.78 is 4.98. The molecule has 1 N–H and O–H groups in total. The number of hydrogen-bond acceptors (Lipinski definition) is 5. The van der Waals surface area contributed by atoms with Crippen molar-refractivity contribution in [1.82, 2.24) is 5.43 Å². The molecule has 6 nitrogen and oxygen atoms in total. The van der Waals surface area contributed by atoms with Gasteiger partial charge in [-0.1, -0.05) is 29.3 Å². The first-order valence-electron chi connectivity index (χ1n) is 6.97. The Labute approximate surface area is 149 Å². The van der Waals surface area contributed by atoms with Gasteiger partial charge in [0.2, 0.25) is 0 Å². The van der Waals surface area contributed by atoms with E-state index in [1.807, 2.05) is 0 Å². The lowest BCUT2D eigenvalue weighted by Gasteiger charge is -2.08. The van der Waals surface area contributed by atoms with Crippen LogP contribution in [0, 0.1) is 10.1 Å². The lowest BCUT2D eigenvalue weighted by Crippen LogP contribution is -2.10. The quantitative estimate of drug-likeness (QED) is 0.465. The van der Waals surface area contributed by atoms with E-state index in [1.54, 1.807) is 31.2 Å². The minimum absolute atomic E-state index is 0.112. The summed E-state index contributed by atoms with van der Waals surface area (Å²) in [4.78, 5) is 10.6. The van der Waals surface area contributed by atoms with E-state index in [0.29, 0.717) is 27.9 Å². The molecule has 8 heteroatoms. The van der Waals surface area contributed by atoms with Gasteiger partial charge in [-0.3, -0.25) is 10.1 Å². The van der Waals surface area contributed by atoms with Gasteiger partial charge in [0.1, 0.15) is 0 Å². The molecule has 0 bridgehead atoms. The van der Waals surface area contributed by atoms with E-state index < -0.39 is 4.92 Å². The van der Waals surface area contributed by atoms with E-state index >= 15 is 0 Å². The first-order valence-corrected chi connectivity index (χ1v) is 7.72. The van der Waals surface area contributed by atoms with Gasteiger partial charge < -0.3 is 10.2 Å². The number of ether oxygens (including phenoxy) is 1. The second kappa shape index (κ2) is 7.99. The van der Waals surface area contributed by atoms with Gasteiger partial charge in [0.15, 0.2) is 5.75 Å². The lowest BCUT2D eigenvalue weighted by molar-refractivity contribution is -0.385. The third-order valence-corrected chi connectivity index (χ3v) is 4.07. The highest BCUT2D eigenvalue weighted by Crippen LogP contribution is 2.28. The number of nitro benzene ring substituents is 1. The predicted molar refractivity (Wildman–Crippen MR) is 95.2 cm³/mol. The summed E-state index contributed by atoms with van der Waals surface area (Å²) in [6, 6.07) is 9.91. The molecule has 0 saturated carbocycles. The maximum absolute atomic E-state index is 11.1. The second-order valence-corrected chi connectivity index (χ2v) is 5.69. The Kier molecular flexibility index (Phi) is 6.00. The minimum Gasteiger partial charge on any atom is -0.490 e. The summed E-state index contributed by atoms with van der Waals surface area (Å²) in [7, 11) is 1.39. The Morgan fingerprint density at radius 3 is 2.54 bits per heavy atom. The summed E-state index contributed by atoms with van der Waals surface area (Å²) in [6.07, 6.45) is 0. The van der Waals surface area contributed by atoms with Gasteiger partial charge in [-0.15, -0.1) is 0 Å². The SMILES string of the molecule is COc1ccc(/C(C)=N\NCc2c(Cl)cccc2Cl)cc1[N+](=O)[O-]. The van der Waals surface area contributed by atoms with Crippen LogP contribution in [0.5, 0.6) is 5.75 Å². The standard InChI is InChI=1S/C16H15Cl2N3O3/c1-10(11-6-7-16(24-2)15(8-11)21(22)23)20-19-9-12-13(17)4-3-5-14(12)18/h3-8,19H,9H2,1-2H3/b20-10-. The highest BCUT2D eigenvalue weighted by Gasteiger charge is 2.16. The molecular weight excluding hydrogens is 353 g/mol. The third kappa shape index (κ3) is 4.15. The normalized spacial score (nSPS) is 11.2. The van der Waals surface area contributed by atoms with E-state index in [0.717, 1.165) is 5.56 Å². The van der Waals surface area contributed by atoms with Gasteiger partial charge in [0.25, 0.3) is 0 Å². The zero-order valence-corrected chi connectivity index (χ0v) is 14.6. The molecule has 0 fully saturated rings. The highest BCUT2D eigenvalue weighted by atomic mass is 35.5. The Morgan fingerprint density at radius 1 is 1.29 bits per heavy atom. The van der Waals surface area contributed by atoms with Gasteiger partial charge in [0, 0.05) is 27.2 Å². The van der Waals surface area contributed by atoms with Crippen LogP contribution in [0.3, 0.4) is 0 Å². The van der Waals surface area contributed by atoms with Gasteiger partial charge in [-0.2, -0.15) is 5.10 Å². The van der Waals surface area contributed by atoms with Gasteiger partial charge in [0.05, 0.1) is 24.3 Å². The van der Waals surface area contributed by atoms with Gasteiger partial charge in [-0.25, -0.2) is 0 Å². The van der Waals surface area contributed by atoms with Crippen LogP contribution in [0.2, 0.25) is 10.0 Å². The van der Waals surface area contributed by atoms with E-state index in [2.05, 4.69) is 10.5 Å². The van der Waals surface area contributed by atoms with Crippen molar-refractivity contribution in [2.45, 2.75) is 13.5 Å². The van der Waals surface area contributed by atoms with Gasteiger partial charge >= 0.3 is 5.69 Å². The zero-order valence-electron chi connectivity index (χ0n) is 13.0. The van der Waals surface area contributed by atoms with Crippen molar-refractivity contribution in [1.29, 1.82) is 0 Å². The third-order valence-electron chi connectivity index (χ3n) is 3.36. The summed E-state index contributed by atoms with van der Waals surface area (Å²) in [5, 5.41) is 16.4. The average Bonchev–Trinajstić information content (AvgIpc) is 2.56. The van der Waals surface area contributed by atoms with Crippen molar-refractivity contribution < 1.29 is 9.66 Å². The van der Waals surface area contributed by atoms with Crippen LogP contribution in [0.4, 0.5) is 5.69 Å². The predicted octanol–water partition coefficient (Wildman–Crippen LogP) is 4.42. The van der Waals surface area contributed by atoms with Crippen LogP contribution in [0.25, 0.3) is 0 Å². The molecule has 2 rings (SSSR count). The van der Waals surface area contributed by atoms with Crippen molar-refractivity contribution in [3.05, 3.63) is 67.7 Å². The molecule has 0 radical (unpaired) electrons. The van der Waals surface area contributed by atoms with Crippen molar-refractivity contribution in [3.8, 4) is 5.75 Å². The number of nitro groups is 1. The molecule has 2 aromatic rings. The molecule has 0 aliphatic rings. The Hall–Kier alpha value is -2.31. The molecule has 0 spiro atoms. The maximum atomic E-state index is 11.1. The smallest absolute Gasteiger partial charge is 0.311 e. The molecular formula is C16H15Cl2N3O3. The first kappa shape index (κ1) is 18.0. The number of halogens is 2. The van der Waals surface area contributed by atoms with Crippen molar-refractivity contribution in [2.75, 3.05) is 7.11 Å². The number of nitrogens with zero attached hydrogens (tertiary/aromatic N) is 2. The molecule has 24 heavy (non-hydrogen) atoms. The number of methoxy groups -OCH3 is 1. The van der Waals surface area contributed by atoms with Crippen LogP contribution in [0.15, 0.2) is 41.5 Å². The second-order valence-electron chi connectivity index (χ2n) is 4.88. The largest absolute Gasteiger partial charge is 0.490 e. The molecule has 2 aromatic carbocycles. The zero-order chi connectivity index (χ0) is 17.7. The summed E-state index contributed by atoms with van der Waals surface area (Å²) in [5.74, 6) is 0.201. The van der Waals surface area contributed by atoms with Crippen LogP contribution >= 0.6 is 23.2 Å². The minimum atomic E-state index is -0.493. The van der Waals surface area contributed by atoms with E-state index in [4.69, 9.17) is 27.9 Å². The Bertz CT molecular complexity index is 774. The first-order chi connectivity index (χ1) is 11.4. The molecule has 0 aliphatic heterocycles. The topological polar surface area (TPSA) is 76.8 Å². The van der Waals surface area contributed by atoms with Crippen molar-refractivity contribution >= 4 is 34.6 Å². The summed E-state index contributed by atoms with van der Waals surface area (Å²) in [6.45, 7) is 2.08. The highest BCUT2D eigenvalue weighted by molar-refractivity contribution is 6.35. The monoisotopic (exact) mass is 367 g/mol. The fraction of sp³-hybridized carbons (Fsp3) is 0.188. The number of hydrazone groups is 1. The maximum Gasteiger partial charge on any atom is 0.311 e. The molecule has 0 atom stereocenters. The number of hydrogen-bond donors (Lipinski definition) is 1. The molecule has 0 saturated heterocycles. The van der Waals surface area contributed by atoms with Crippen LogP contribution in [0.1, 0.15) is 18.1 Å². The van der Waals surface area contributed by atoms with E-state index in [1.165, 1.54) is 19.2 Å². The fourth-order valence-corrected chi connectivity index (χ4v) is 2.59. The molecule has 0 amide bonds. The Morgan fingerprint density at radius 2 is 1.96 bits per heavy atom. The van der Waals surface area contributed by atoms with Crippen LogP contribution in [-0.2, 0) is 6.54 Å². The molecule has 0 heterocycles. The number of rotatable bonds is 6. The van der Waals surface area contributed by atoms with E-state index in [9.17, 15) is 10.1 Å². The van der Waals surface area contributed by atoms with E-state index in [-0.39, 0.29) is 11.4 Å². The lowest BCUT2D eigenvalue weighted by atomic mass is 10.1. The molecule has 0 unspecified atom stereocenters. The summed E-state index contributed by atoms with van der Waals surface area (Å²) >= 11 is 12.2. The summed E-state index contributed by atoms with van der Waals surface area (Å²) in [5.41, 5.74) is 4.70. The van der Waals surface area contributed by atoms with Crippen LogP contribution in [-0.4, -0.2) is 17.7 Å². The van der Waals surface area contributed by atoms with Gasteiger partial charge in [-0.05, 0) is 31.2 Å². The Balaban J connectivity index is 2.16. The molecule has 0 aliphatic carbocycles. The van der Waals surface area contributed by atoms with Crippen molar-refractivity contribution in [3.63, 3.8) is 0 Å². The molecule has 0 aromatic heterocycles. The van der Waals surface area contributed by atoms with Crippen molar-refractivity contribution in [2.24, 2.45) is 5.10 Å². The van der Waals surface area contributed by atoms with Crippen LogP contribution < -0.4 is 10.2 Å². The number of nitrogens with one attached hydrogen (secondary N) is 1. The average molecular weight is 368 g/mol.